The molecule has 1 N–H and O–H groups in total. The summed E-state index contributed by atoms with van der Waals surface area (Å²) in [6, 6.07) is 12.2. The molecule has 0 spiro atoms. The number of carbonyl (C=O) groups excluding carboxylic acids is 2. The van der Waals surface area contributed by atoms with Crippen LogP contribution >= 0.6 is 11.6 Å². The third kappa shape index (κ3) is 3.21. The number of aliphatic hydroxyl groups excluding tert-OH is 1. The van der Waals surface area contributed by atoms with Gasteiger partial charge in [-0.3, -0.25) is 14.5 Å². The Bertz CT molecular complexity index is 1140. The number of hydrogen-bond acceptors (Lipinski definition) is 4. The van der Waals surface area contributed by atoms with Crippen molar-refractivity contribution in [2.45, 2.75) is 13.0 Å². The van der Waals surface area contributed by atoms with Crippen LogP contribution in [0.25, 0.3) is 5.76 Å². The number of halogens is 2. The predicted octanol–water partition coefficient (Wildman–Crippen LogP) is 5.01. The molecule has 0 aliphatic carbocycles. The Morgan fingerprint density at radius 2 is 1.86 bits per heavy atom. The van der Waals surface area contributed by atoms with Crippen molar-refractivity contribution < 1.29 is 23.5 Å². The summed E-state index contributed by atoms with van der Waals surface area (Å²) < 4.78 is 18.7. The minimum atomic E-state index is -0.992. The fourth-order valence-corrected chi connectivity index (χ4v) is 3.48. The molecule has 2 aromatic carbocycles. The molecule has 1 fully saturated rings. The zero-order valence-corrected chi connectivity index (χ0v) is 16.0. The second kappa shape index (κ2) is 7.22. The van der Waals surface area contributed by atoms with Crippen LogP contribution < -0.4 is 4.90 Å². The molecule has 1 unspecified atom stereocenters. The number of anilines is 1. The van der Waals surface area contributed by atoms with E-state index >= 15 is 0 Å². The summed E-state index contributed by atoms with van der Waals surface area (Å²) in [7, 11) is 0. The van der Waals surface area contributed by atoms with Crippen LogP contribution in [0.2, 0.25) is 5.02 Å². The summed E-state index contributed by atoms with van der Waals surface area (Å²) in [5.41, 5.74) is 1.27. The number of aliphatic hydroxyl groups is 1. The summed E-state index contributed by atoms with van der Waals surface area (Å²) in [5, 5.41) is 11.3. The van der Waals surface area contributed by atoms with Gasteiger partial charge in [0.15, 0.2) is 0 Å². The number of aryl methyl sites for hydroxylation is 1. The molecule has 1 atom stereocenters. The monoisotopic (exact) mass is 411 g/mol. The number of Topliss-reactive ketones (excluding diaryl/α,β-unsaturated/α-hetero) is 1. The minimum Gasteiger partial charge on any atom is -0.507 e. The number of carbonyl (C=O) groups is 2. The molecule has 7 heteroatoms. The Hall–Kier alpha value is -3.38. The van der Waals surface area contributed by atoms with E-state index in [2.05, 4.69) is 0 Å². The van der Waals surface area contributed by atoms with E-state index in [-0.39, 0.29) is 11.1 Å². The van der Waals surface area contributed by atoms with Crippen molar-refractivity contribution in [1.29, 1.82) is 0 Å². The number of amides is 1. The Balaban J connectivity index is 1.92. The van der Waals surface area contributed by atoms with Crippen LogP contribution in [-0.4, -0.2) is 16.8 Å². The first-order valence-corrected chi connectivity index (χ1v) is 9.13. The van der Waals surface area contributed by atoms with Gasteiger partial charge in [-0.05, 0) is 61.0 Å². The van der Waals surface area contributed by atoms with Crippen molar-refractivity contribution in [2.75, 3.05) is 4.90 Å². The SMILES string of the molecule is Cc1ccc(N2C(=O)C(=O)/C(=C(\O)c3ccc(F)cc3)C2c2ccco2)cc1Cl. The quantitative estimate of drug-likeness (QED) is 0.374. The lowest BCUT2D eigenvalue weighted by Gasteiger charge is -2.23. The number of hydrogen-bond donors (Lipinski definition) is 1. The highest BCUT2D eigenvalue weighted by Gasteiger charge is 2.48. The third-order valence-corrected chi connectivity index (χ3v) is 5.22. The zero-order valence-electron chi connectivity index (χ0n) is 15.2. The number of rotatable bonds is 3. The molecule has 1 aromatic heterocycles. The fraction of sp³-hybridized carbons (Fsp3) is 0.0909. The largest absolute Gasteiger partial charge is 0.507 e. The Labute approximate surface area is 170 Å². The van der Waals surface area contributed by atoms with Crippen molar-refractivity contribution in [1.82, 2.24) is 0 Å². The topological polar surface area (TPSA) is 70.8 Å². The molecular formula is C22H15ClFNO4. The molecule has 1 amide bonds. The number of furan rings is 1. The maximum Gasteiger partial charge on any atom is 0.300 e. The van der Waals surface area contributed by atoms with Crippen molar-refractivity contribution >= 4 is 34.7 Å². The number of ketones is 1. The van der Waals surface area contributed by atoms with Crippen LogP contribution in [0, 0.1) is 12.7 Å². The first-order valence-electron chi connectivity index (χ1n) is 8.75. The third-order valence-electron chi connectivity index (χ3n) is 4.81. The summed E-state index contributed by atoms with van der Waals surface area (Å²) in [4.78, 5) is 27.0. The van der Waals surface area contributed by atoms with Gasteiger partial charge in [0.25, 0.3) is 11.7 Å². The molecule has 2 heterocycles. The van der Waals surface area contributed by atoms with Crippen molar-refractivity contribution in [3.63, 3.8) is 0 Å². The molecule has 3 aromatic rings. The summed E-state index contributed by atoms with van der Waals surface area (Å²) in [6.07, 6.45) is 1.41. The standard InChI is InChI=1S/C22H15ClFNO4/c1-12-4-9-15(11-16(12)23)25-19(17-3-2-10-29-17)18(21(27)22(25)28)20(26)13-5-7-14(24)8-6-13/h2-11,19,26H,1H3/b20-18-. The van der Waals surface area contributed by atoms with Gasteiger partial charge in [-0.2, -0.15) is 0 Å². The average molecular weight is 412 g/mol. The summed E-state index contributed by atoms with van der Waals surface area (Å²) in [5.74, 6) is -2.30. The maximum atomic E-state index is 13.3. The highest BCUT2D eigenvalue weighted by Crippen LogP contribution is 2.42. The van der Waals surface area contributed by atoms with Crippen molar-refractivity contribution in [3.8, 4) is 0 Å². The lowest BCUT2D eigenvalue weighted by Crippen LogP contribution is -2.29. The van der Waals surface area contributed by atoms with Crippen LogP contribution in [-0.2, 0) is 9.59 Å². The molecular weight excluding hydrogens is 397 g/mol. The second-order valence-electron chi connectivity index (χ2n) is 6.62. The molecule has 0 bridgehead atoms. The Kier molecular flexibility index (Phi) is 4.72. The molecule has 4 rings (SSSR count). The number of nitrogens with zero attached hydrogens (tertiary/aromatic N) is 1. The van der Waals surface area contributed by atoms with Gasteiger partial charge in [0.2, 0.25) is 0 Å². The second-order valence-corrected chi connectivity index (χ2v) is 7.03. The predicted molar refractivity (Wildman–Crippen MR) is 106 cm³/mol. The maximum absolute atomic E-state index is 13.3. The molecule has 0 saturated carbocycles. The van der Waals surface area contributed by atoms with E-state index in [1.54, 1.807) is 30.3 Å². The van der Waals surface area contributed by atoms with Gasteiger partial charge < -0.3 is 9.52 Å². The van der Waals surface area contributed by atoms with E-state index in [4.69, 9.17) is 16.0 Å². The zero-order chi connectivity index (χ0) is 20.7. The van der Waals surface area contributed by atoms with Gasteiger partial charge in [0.05, 0.1) is 11.8 Å². The molecule has 29 heavy (non-hydrogen) atoms. The molecule has 0 radical (unpaired) electrons. The van der Waals surface area contributed by atoms with Crippen LogP contribution in [0.1, 0.15) is 22.9 Å². The molecule has 1 aliphatic rings. The first-order chi connectivity index (χ1) is 13.9. The molecule has 5 nitrogen and oxygen atoms in total. The van der Waals surface area contributed by atoms with Crippen molar-refractivity contribution in [3.05, 3.63) is 94.2 Å². The van der Waals surface area contributed by atoms with E-state index in [1.165, 1.54) is 23.3 Å². The Morgan fingerprint density at radius 1 is 1.14 bits per heavy atom. The van der Waals surface area contributed by atoms with E-state index in [0.29, 0.717) is 16.5 Å². The van der Waals surface area contributed by atoms with E-state index in [0.717, 1.165) is 17.7 Å². The molecule has 1 aliphatic heterocycles. The first kappa shape index (κ1) is 19.0. The Morgan fingerprint density at radius 3 is 2.48 bits per heavy atom. The van der Waals surface area contributed by atoms with Gasteiger partial charge >= 0.3 is 0 Å². The highest BCUT2D eigenvalue weighted by molar-refractivity contribution is 6.51. The normalized spacial score (nSPS) is 18.4. The van der Waals surface area contributed by atoms with E-state index in [9.17, 15) is 19.1 Å². The van der Waals surface area contributed by atoms with Crippen LogP contribution in [0.3, 0.4) is 0 Å². The van der Waals surface area contributed by atoms with Gasteiger partial charge in [0, 0.05) is 16.3 Å². The highest BCUT2D eigenvalue weighted by atomic mass is 35.5. The van der Waals surface area contributed by atoms with E-state index < -0.39 is 29.3 Å². The van der Waals surface area contributed by atoms with Crippen LogP contribution in [0.4, 0.5) is 10.1 Å². The van der Waals surface area contributed by atoms with Gasteiger partial charge in [0.1, 0.15) is 23.4 Å². The van der Waals surface area contributed by atoms with Crippen LogP contribution in [0.5, 0.6) is 0 Å². The smallest absolute Gasteiger partial charge is 0.300 e. The van der Waals surface area contributed by atoms with Crippen LogP contribution in [0.15, 0.2) is 70.9 Å². The van der Waals surface area contributed by atoms with Gasteiger partial charge in [-0.25, -0.2) is 4.39 Å². The molecule has 146 valence electrons. The fourth-order valence-electron chi connectivity index (χ4n) is 3.31. The molecule has 1 saturated heterocycles. The lowest BCUT2D eigenvalue weighted by molar-refractivity contribution is -0.132. The lowest BCUT2D eigenvalue weighted by atomic mass is 9.99. The van der Waals surface area contributed by atoms with Gasteiger partial charge in [-0.1, -0.05) is 17.7 Å². The average Bonchev–Trinajstić information content (AvgIpc) is 3.32. The minimum absolute atomic E-state index is 0.145. The number of benzene rings is 2. The van der Waals surface area contributed by atoms with E-state index in [1.807, 2.05) is 6.92 Å². The summed E-state index contributed by atoms with van der Waals surface area (Å²) >= 11 is 6.22. The summed E-state index contributed by atoms with van der Waals surface area (Å²) in [6.45, 7) is 1.82. The van der Waals surface area contributed by atoms with Crippen molar-refractivity contribution in [2.24, 2.45) is 0 Å². The van der Waals surface area contributed by atoms with Gasteiger partial charge in [-0.15, -0.1) is 0 Å².